The maximum Gasteiger partial charge on any atom is 0.0805 e. The van der Waals surface area contributed by atoms with Gasteiger partial charge in [0.15, 0.2) is 0 Å². The minimum atomic E-state index is 0.688. The lowest BCUT2D eigenvalue weighted by molar-refractivity contribution is 0.205. The molecule has 0 unspecified atom stereocenters. The van der Waals surface area contributed by atoms with Crippen LogP contribution >= 0.6 is 11.6 Å². The van der Waals surface area contributed by atoms with E-state index in [4.69, 9.17) is 16.3 Å². The Balaban J connectivity index is 2.45. The number of halogens is 1. The van der Waals surface area contributed by atoms with Gasteiger partial charge in [0.25, 0.3) is 0 Å². The molecule has 0 aromatic rings. The summed E-state index contributed by atoms with van der Waals surface area (Å²) in [6.07, 6.45) is 0.936. The molecule has 2 heteroatoms. The van der Waals surface area contributed by atoms with Gasteiger partial charge in [-0.1, -0.05) is 0 Å². The third-order valence-corrected chi connectivity index (χ3v) is 0.830. The molecule has 0 rings (SSSR count). The van der Waals surface area contributed by atoms with E-state index in [0.717, 1.165) is 13.0 Å². The quantitative estimate of drug-likeness (QED) is 0.407. The molecule has 0 N–H and O–H groups in total. The molecule has 0 spiro atoms. The van der Waals surface area contributed by atoms with Crippen molar-refractivity contribution < 1.29 is 4.74 Å². The molecule has 0 fully saturated rings. The molecule has 1 nitrogen and oxygen atoms in total. The molecule has 0 aromatic carbocycles. The van der Waals surface area contributed by atoms with Gasteiger partial charge in [0.1, 0.15) is 0 Å². The Morgan fingerprint density at radius 2 is 2.43 bits per heavy atom. The van der Waals surface area contributed by atoms with E-state index >= 15 is 0 Å². The Kier molecular flexibility index (Phi) is 6.47. The molecule has 0 atom stereocenters. The Hall–Kier alpha value is 0.250. The van der Waals surface area contributed by atoms with E-state index in [2.05, 4.69) is 0 Å². The van der Waals surface area contributed by atoms with Crippen LogP contribution in [-0.4, -0.2) is 12.5 Å². The van der Waals surface area contributed by atoms with Gasteiger partial charge in [-0.2, -0.15) is 0 Å². The van der Waals surface area contributed by atoms with Crippen molar-refractivity contribution in [3.8, 4) is 0 Å². The van der Waals surface area contributed by atoms with Gasteiger partial charge in [-0.25, -0.2) is 0 Å². The van der Waals surface area contributed by atoms with E-state index in [9.17, 15) is 0 Å². The van der Waals surface area contributed by atoms with Gasteiger partial charge in [0.2, 0.25) is 0 Å². The van der Waals surface area contributed by atoms with Crippen molar-refractivity contribution >= 4 is 11.6 Å². The zero-order chi connectivity index (χ0) is 5.54. The lowest BCUT2D eigenvalue weighted by Gasteiger charge is -1.93. The molecular weight excluding hydrogens is 112 g/mol. The summed E-state index contributed by atoms with van der Waals surface area (Å²) in [7, 11) is 0. The highest BCUT2D eigenvalue weighted by molar-refractivity contribution is 6.17. The largest absolute Gasteiger partial charge is 0.376 e. The van der Waals surface area contributed by atoms with Crippen molar-refractivity contribution in [3.05, 3.63) is 6.61 Å². The average Bonchev–Trinajstić information content (AvgIpc) is 1.69. The highest BCUT2D eigenvalue weighted by Gasteiger charge is 1.80. The fourth-order valence-electron chi connectivity index (χ4n) is 0.256. The lowest BCUT2D eigenvalue weighted by Crippen LogP contribution is -1.88. The highest BCUT2D eigenvalue weighted by atomic mass is 35.5. The van der Waals surface area contributed by atoms with Crippen LogP contribution in [0.2, 0.25) is 0 Å². The van der Waals surface area contributed by atoms with Crippen LogP contribution in [0.25, 0.3) is 0 Å². The molecule has 0 heterocycles. The van der Waals surface area contributed by atoms with Crippen molar-refractivity contribution in [1.29, 1.82) is 0 Å². The van der Waals surface area contributed by atoms with Crippen LogP contribution in [0.15, 0.2) is 0 Å². The lowest BCUT2D eigenvalue weighted by atomic mass is 10.5. The fourth-order valence-corrected chi connectivity index (χ4v) is 0.365. The molecule has 43 valence electrons. The Bertz CT molecular complexity index is 27.3. The van der Waals surface area contributed by atoms with Crippen LogP contribution in [0.3, 0.4) is 0 Å². The average molecular weight is 122 g/mol. The van der Waals surface area contributed by atoms with Crippen molar-refractivity contribution in [2.45, 2.75) is 13.3 Å². The number of hydrogen-bond acceptors (Lipinski definition) is 1. The number of rotatable bonds is 4. The molecular formula is C5H10ClO. The van der Waals surface area contributed by atoms with Crippen LogP contribution < -0.4 is 0 Å². The standard InChI is InChI=1S/C5H10ClO/c1-2-7-5-3-4-6/h2H,3-5H2,1H3. The van der Waals surface area contributed by atoms with E-state index in [-0.39, 0.29) is 0 Å². The second-order valence-corrected chi connectivity index (χ2v) is 1.53. The molecule has 0 saturated carbocycles. The molecule has 0 aliphatic rings. The van der Waals surface area contributed by atoms with Gasteiger partial charge in [-0.15, -0.1) is 11.6 Å². The summed E-state index contributed by atoms with van der Waals surface area (Å²) in [5.41, 5.74) is 0. The maximum atomic E-state index is 5.34. The summed E-state index contributed by atoms with van der Waals surface area (Å²) in [6.45, 7) is 4.28. The zero-order valence-corrected chi connectivity index (χ0v) is 5.24. The second-order valence-electron chi connectivity index (χ2n) is 1.15. The predicted octanol–water partition coefficient (Wildman–Crippen LogP) is 1.81. The molecule has 0 amide bonds. The first-order valence-corrected chi connectivity index (χ1v) is 2.90. The SMILES string of the molecule is C[CH]OCCCCl. The summed E-state index contributed by atoms with van der Waals surface area (Å²) in [5, 5.41) is 0. The van der Waals surface area contributed by atoms with Crippen molar-refractivity contribution in [3.63, 3.8) is 0 Å². The van der Waals surface area contributed by atoms with Gasteiger partial charge in [0, 0.05) is 12.5 Å². The minimum absolute atomic E-state index is 0.688. The molecule has 0 aliphatic carbocycles. The van der Waals surface area contributed by atoms with E-state index in [1.165, 1.54) is 0 Å². The first-order chi connectivity index (χ1) is 3.41. The zero-order valence-electron chi connectivity index (χ0n) is 4.48. The summed E-state index contributed by atoms with van der Waals surface area (Å²) < 4.78 is 4.86. The third-order valence-electron chi connectivity index (χ3n) is 0.562. The molecule has 1 radical (unpaired) electrons. The number of alkyl halides is 1. The molecule has 0 aromatic heterocycles. The van der Waals surface area contributed by atoms with E-state index < -0.39 is 0 Å². The van der Waals surface area contributed by atoms with E-state index in [1.807, 2.05) is 6.92 Å². The normalized spacial score (nSPS) is 9.43. The van der Waals surface area contributed by atoms with Crippen LogP contribution in [-0.2, 0) is 4.74 Å². The molecule has 7 heavy (non-hydrogen) atoms. The smallest absolute Gasteiger partial charge is 0.0805 e. The van der Waals surface area contributed by atoms with Gasteiger partial charge in [-0.3, -0.25) is 0 Å². The molecule has 0 bridgehead atoms. The van der Waals surface area contributed by atoms with Crippen LogP contribution in [0.5, 0.6) is 0 Å². The first-order valence-electron chi connectivity index (χ1n) is 2.37. The van der Waals surface area contributed by atoms with Crippen molar-refractivity contribution in [1.82, 2.24) is 0 Å². The summed E-state index contributed by atoms with van der Waals surface area (Å²) >= 11 is 5.34. The van der Waals surface area contributed by atoms with Crippen molar-refractivity contribution in [2.75, 3.05) is 12.5 Å². The molecule has 0 saturated heterocycles. The van der Waals surface area contributed by atoms with E-state index in [0.29, 0.717) is 5.88 Å². The third kappa shape index (κ3) is 6.25. The summed E-state index contributed by atoms with van der Waals surface area (Å²) in [4.78, 5) is 0. The topological polar surface area (TPSA) is 9.23 Å². The highest BCUT2D eigenvalue weighted by Crippen LogP contribution is 1.86. The van der Waals surface area contributed by atoms with Crippen LogP contribution in [0.1, 0.15) is 13.3 Å². The van der Waals surface area contributed by atoms with Crippen LogP contribution in [0, 0.1) is 6.61 Å². The first kappa shape index (κ1) is 7.25. The summed E-state index contributed by atoms with van der Waals surface area (Å²) in [6, 6.07) is 0. The van der Waals surface area contributed by atoms with Gasteiger partial charge < -0.3 is 4.74 Å². The van der Waals surface area contributed by atoms with Crippen LogP contribution in [0.4, 0.5) is 0 Å². The second kappa shape index (κ2) is 6.25. The van der Waals surface area contributed by atoms with E-state index in [1.54, 1.807) is 6.61 Å². The molecule has 0 aliphatic heterocycles. The number of ether oxygens (including phenoxy) is 1. The summed E-state index contributed by atoms with van der Waals surface area (Å²) in [5.74, 6) is 0.688. The Morgan fingerprint density at radius 1 is 1.71 bits per heavy atom. The van der Waals surface area contributed by atoms with Gasteiger partial charge in [-0.05, 0) is 13.3 Å². The van der Waals surface area contributed by atoms with Gasteiger partial charge in [0.05, 0.1) is 6.61 Å². The minimum Gasteiger partial charge on any atom is -0.376 e. The Morgan fingerprint density at radius 3 is 2.86 bits per heavy atom. The van der Waals surface area contributed by atoms with Crippen molar-refractivity contribution in [2.24, 2.45) is 0 Å². The van der Waals surface area contributed by atoms with Gasteiger partial charge >= 0.3 is 0 Å². The maximum absolute atomic E-state index is 5.34. The monoisotopic (exact) mass is 121 g/mol. The predicted molar refractivity (Wildman–Crippen MR) is 31.3 cm³/mol. The number of hydrogen-bond donors (Lipinski definition) is 0. The Labute approximate surface area is 49.6 Å². The fraction of sp³-hybridized carbons (Fsp3) is 0.800.